The average molecular weight is 403 g/mol. The maximum Gasteiger partial charge on any atom is 0.225 e. The van der Waals surface area contributed by atoms with Crippen molar-refractivity contribution >= 4 is 22.7 Å². The molecular formula is C22H30FN3O3. The number of methoxy groups -OCH3 is 1. The van der Waals surface area contributed by atoms with E-state index in [9.17, 15) is 14.0 Å². The number of rotatable bonds is 6. The number of hydrogen-bond acceptors (Lipinski definition) is 3. The van der Waals surface area contributed by atoms with Crippen LogP contribution in [0, 0.1) is 18.7 Å². The lowest BCUT2D eigenvalue weighted by Gasteiger charge is -2.36. The van der Waals surface area contributed by atoms with Gasteiger partial charge in [0.15, 0.2) is 0 Å². The second-order valence-corrected chi connectivity index (χ2v) is 7.91. The van der Waals surface area contributed by atoms with Gasteiger partial charge in [-0.1, -0.05) is 0 Å². The Bertz CT molecular complexity index is 895. The summed E-state index contributed by atoms with van der Waals surface area (Å²) in [5.74, 6) is -0.383. The quantitative estimate of drug-likeness (QED) is 0.779. The number of fused-ring (bicyclic) bond motifs is 1. The van der Waals surface area contributed by atoms with Gasteiger partial charge in [-0.05, 0) is 56.9 Å². The normalized spacial score (nSPS) is 21.9. The Hall–Kier alpha value is -2.41. The molecule has 29 heavy (non-hydrogen) atoms. The first-order valence-corrected chi connectivity index (χ1v) is 10.2. The lowest BCUT2D eigenvalue weighted by molar-refractivity contribution is -0.137. The molecule has 158 valence electrons. The van der Waals surface area contributed by atoms with E-state index in [1.165, 1.54) is 12.1 Å². The number of nitrogens with one attached hydrogen (secondary N) is 2. The standard InChI is InChI=1S/C22H30FN3O3/c1-5-26(3)22(28)14-6-8-19(20(10-14)29-4)25-21(27)12-16-13(2)24-18-9-7-15(23)11-17(16)18/h7,9,11,14,19-20,24H,5-6,8,10,12H2,1-4H3,(H,25,27)/t14-,19-,20-/m0/s1. The van der Waals surface area contributed by atoms with Crippen molar-refractivity contribution in [2.75, 3.05) is 20.7 Å². The fourth-order valence-corrected chi connectivity index (χ4v) is 4.25. The van der Waals surface area contributed by atoms with Gasteiger partial charge in [-0.25, -0.2) is 4.39 Å². The molecule has 0 aliphatic heterocycles. The van der Waals surface area contributed by atoms with E-state index in [-0.39, 0.29) is 42.1 Å². The number of halogens is 1. The van der Waals surface area contributed by atoms with Crippen molar-refractivity contribution < 1.29 is 18.7 Å². The van der Waals surface area contributed by atoms with Crippen molar-refractivity contribution in [1.29, 1.82) is 0 Å². The van der Waals surface area contributed by atoms with E-state index in [2.05, 4.69) is 10.3 Å². The van der Waals surface area contributed by atoms with Crippen molar-refractivity contribution in [3.63, 3.8) is 0 Å². The number of aromatic amines is 1. The molecule has 1 saturated carbocycles. The van der Waals surface area contributed by atoms with Crippen LogP contribution in [0.3, 0.4) is 0 Å². The number of carbonyl (C=O) groups excluding carboxylic acids is 2. The summed E-state index contributed by atoms with van der Waals surface area (Å²) in [4.78, 5) is 30.1. The lowest BCUT2D eigenvalue weighted by Crippen LogP contribution is -2.50. The Morgan fingerprint density at radius 1 is 1.34 bits per heavy atom. The van der Waals surface area contributed by atoms with Crippen LogP contribution in [0.25, 0.3) is 10.9 Å². The highest BCUT2D eigenvalue weighted by atomic mass is 19.1. The van der Waals surface area contributed by atoms with Gasteiger partial charge < -0.3 is 19.9 Å². The number of benzene rings is 1. The molecule has 2 aromatic rings. The topological polar surface area (TPSA) is 74.4 Å². The van der Waals surface area contributed by atoms with E-state index >= 15 is 0 Å². The zero-order valence-electron chi connectivity index (χ0n) is 17.5. The Morgan fingerprint density at radius 3 is 2.79 bits per heavy atom. The van der Waals surface area contributed by atoms with Gasteiger partial charge in [-0.2, -0.15) is 0 Å². The first kappa shape index (κ1) is 21.3. The molecule has 1 aromatic heterocycles. The molecule has 0 unspecified atom stereocenters. The van der Waals surface area contributed by atoms with Crippen LogP contribution in [-0.2, 0) is 20.7 Å². The number of aryl methyl sites for hydroxylation is 1. The van der Waals surface area contributed by atoms with E-state index < -0.39 is 0 Å². The van der Waals surface area contributed by atoms with Crippen LogP contribution in [0.15, 0.2) is 18.2 Å². The predicted molar refractivity (Wildman–Crippen MR) is 110 cm³/mol. The van der Waals surface area contributed by atoms with Crippen LogP contribution in [0.1, 0.15) is 37.4 Å². The molecule has 1 aliphatic carbocycles. The van der Waals surface area contributed by atoms with Crippen LogP contribution >= 0.6 is 0 Å². The highest BCUT2D eigenvalue weighted by molar-refractivity contribution is 5.90. The van der Waals surface area contributed by atoms with Gasteiger partial charge in [0.25, 0.3) is 0 Å². The van der Waals surface area contributed by atoms with Gasteiger partial charge in [0, 0.05) is 43.2 Å². The molecule has 1 aromatic carbocycles. The first-order valence-electron chi connectivity index (χ1n) is 10.2. The molecule has 3 atom stereocenters. The Morgan fingerprint density at radius 2 is 2.10 bits per heavy atom. The summed E-state index contributed by atoms with van der Waals surface area (Å²) in [6.45, 7) is 4.52. The number of aromatic nitrogens is 1. The molecule has 1 heterocycles. The van der Waals surface area contributed by atoms with Crippen LogP contribution in [0.5, 0.6) is 0 Å². The van der Waals surface area contributed by atoms with E-state index in [1.54, 1.807) is 18.1 Å². The van der Waals surface area contributed by atoms with E-state index in [0.717, 1.165) is 28.6 Å². The fraction of sp³-hybridized carbons (Fsp3) is 0.545. The molecule has 1 aliphatic rings. The molecule has 0 spiro atoms. The summed E-state index contributed by atoms with van der Waals surface area (Å²) in [5, 5.41) is 3.81. The summed E-state index contributed by atoms with van der Waals surface area (Å²) in [6, 6.07) is 4.42. The zero-order chi connectivity index (χ0) is 21.1. The van der Waals surface area contributed by atoms with Gasteiger partial charge in [-0.15, -0.1) is 0 Å². The summed E-state index contributed by atoms with van der Waals surface area (Å²) in [6.07, 6.45) is 1.99. The number of hydrogen-bond donors (Lipinski definition) is 2. The van der Waals surface area contributed by atoms with E-state index in [1.807, 2.05) is 20.9 Å². The molecule has 0 bridgehead atoms. The molecule has 2 amide bonds. The number of H-pyrrole nitrogens is 1. The van der Waals surface area contributed by atoms with Gasteiger partial charge in [0.1, 0.15) is 5.82 Å². The minimum Gasteiger partial charge on any atom is -0.379 e. The minimum absolute atomic E-state index is 0.0723. The maximum atomic E-state index is 13.7. The Balaban J connectivity index is 1.66. The maximum absolute atomic E-state index is 13.7. The van der Waals surface area contributed by atoms with Crippen molar-refractivity contribution in [3.05, 3.63) is 35.3 Å². The fourth-order valence-electron chi connectivity index (χ4n) is 4.25. The molecule has 2 N–H and O–H groups in total. The van der Waals surface area contributed by atoms with Crippen LogP contribution in [0.2, 0.25) is 0 Å². The Labute approximate surface area is 170 Å². The predicted octanol–water partition coefficient (Wildman–Crippen LogP) is 2.94. The van der Waals surface area contributed by atoms with Crippen molar-refractivity contribution in [2.24, 2.45) is 5.92 Å². The molecule has 0 saturated heterocycles. The number of carbonyl (C=O) groups is 2. The first-order chi connectivity index (χ1) is 13.8. The highest BCUT2D eigenvalue weighted by Crippen LogP contribution is 2.29. The molecule has 1 fully saturated rings. The highest BCUT2D eigenvalue weighted by Gasteiger charge is 2.35. The van der Waals surface area contributed by atoms with Crippen LogP contribution in [-0.4, -0.2) is 54.5 Å². The summed E-state index contributed by atoms with van der Waals surface area (Å²) < 4.78 is 19.3. The SMILES string of the molecule is CCN(C)C(=O)[C@H]1CC[C@H](NC(=O)Cc2c(C)[nH]c3ccc(F)cc23)[C@@H](OC)C1. The van der Waals surface area contributed by atoms with Crippen molar-refractivity contribution in [2.45, 2.75) is 51.7 Å². The smallest absolute Gasteiger partial charge is 0.225 e. The summed E-state index contributed by atoms with van der Waals surface area (Å²) in [7, 11) is 3.43. The molecular weight excluding hydrogens is 373 g/mol. The van der Waals surface area contributed by atoms with Crippen molar-refractivity contribution in [1.82, 2.24) is 15.2 Å². The number of ether oxygens (including phenoxy) is 1. The van der Waals surface area contributed by atoms with Gasteiger partial charge in [0.05, 0.1) is 18.6 Å². The summed E-state index contributed by atoms with van der Waals surface area (Å²) >= 11 is 0. The Kier molecular flexibility index (Phi) is 6.57. The van der Waals surface area contributed by atoms with Crippen LogP contribution < -0.4 is 5.32 Å². The van der Waals surface area contributed by atoms with Crippen molar-refractivity contribution in [3.8, 4) is 0 Å². The molecule has 0 radical (unpaired) electrons. The third-order valence-corrected chi connectivity index (χ3v) is 6.06. The third kappa shape index (κ3) is 4.61. The number of amides is 2. The average Bonchev–Trinajstić information content (AvgIpc) is 3.01. The minimum atomic E-state index is -0.322. The third-order valence-electron chi connectivity index (χ3n) is 6.06. The zero-order valence-corrected chi connectivity index (χ0v) is 17.5. The summed E-state index contributed by atoms with van der Waals surface area (Å²) in [5.41, 5.74) is 2.49. The lowest BCUT2D eigenvalue weighted by atomic mass is 9.82. The molecule has 3 rings (SSSR count). The monoisotopic (exact) mass is 403 g/mol. The van der Waals surface area contributed by atoms with Gasteiger partial charge >= 0.3 is 0 Å². The molecule has 6 nitrogen and oxygen atoms in total. The second kappa shape index (κ2) is 8.95. The number of nitrogens with zero attached hydrogens (tertiary/aromatic N) is 1. The molecule has 7 heteroatoms. The van der Waals surface area contributed by atoms with E-state index in [0.29, 0.717) is 19.4 Å². The van der Waals surface area contributed by atoms with E-state index in [4.69, 9.17) is 4.74 Å². The largest absolute Gasteiger partial charge is 0.379 e. The van der Waals surface area contributed by atoms with Crippen LogP contribution in [0.4, 0.5) is 4.39 Å². The van der Waals surface area contributed by atoms with Gasteiger partial charge in [-0.3, -0.25) is 9.59 Å². The van der Waals surface area contributed by atoms with Gasteiger partial charge in [0.2, 0.25) is 11.8 Å². The second-order valence-electron chi connectivity index (χ2n) is 7.91.